The zero-order valence-corrected chi connectivity index (χ0v) is 10.1. The van der Waals surface area contributed by atoms with Crippen LogP contribution in [0, 0.1) is 5.41 Å². The standard InChI is InChI=1S/C12H26N2/c1-4-12(3,10-13-5-2)11-14-8-6-7-9-14/h13H,4-11H2,1-3H3. The van der Waals surface area contributed by atoms with E-state index in [4.69, 9.17) is 0 Å². The number of likely N-dealkylation sites (tertiary alicyclic amines) is 1. The maximum Gasteiger partial charge on any atom is 0.00474 e. The Kier molecular flexibility index (Phi) is 4.90. The van der Waals surface area contributed by atoms with Crippen molar-refractivity contribution in [2.45, 2.75) is 40.0 Å². The minimum Gasteiger partial charge on any atom is -0.316 e. The van der Waals surface area contributed by atoms with Gasteiger partial charge in [0.2, 0.25) is 0 Å². The van der Waals surface area contributed by atoms with E-state index in [1.807, 2.05) is 0 Å². The molecule has 0 aromatic heterocycles. The Morgan fingerprint density at radius 3 is 2.36 bits per heavy atom. The molecule has 1 aliphatic heterocycles. The summed E-state index contributed by atoms with van der Waals surface area (Å²) < 4.78 is 0. The molecular formula is C12H26N2. The number of rotatable bonds is 6. The molecule has 1 unspecified atom stereocenters. The van der Waals surface area contributed by atoms with E-state index in [-0.39, 0.29) is 0 Å². The van der Waals surface area contributed by atoms with Gasteiger partial charge in [0.1, 0.15) is 0 Å². The third-order valence-corrected chi connectivity index (χ3v) is 3.46. The normalized spacial score (nSPS) is 22.5. The van der Waals surface area contributed by atoms with Crippen LogP contribution in [0.2, 0.25) is 0 Å². The van der Waals surface area contributed by atoms with Crippen molar-refractivity contribution in [2.24, 2.45) is 5.41 Å². The number of hydrogen-bond donors (Lipinski definition) is 1. The van der Waals surface area contributed by atoms with Crippen LogP contribution in [0.4, 0.5) is 0 Å². The first kappa shape index (κ1) is 12.0. The Bertz CT molecular complexity index is 152. The van der Waals surface area contributed by atoms with E-state index in [0.29, 0.717) is 5.41 Å². The van der Waals surface area contributed by atoms with Gasteiger partial charge in [0.05, 0.1) is 0 Å². The molecule has 2 heteroatoms. The highest BCUT2D eigenvalue weighted by atomic mass is 15.1. The molecule has 1 rings (SSSR count). The van der Waals surface area contributed by atoms with Crippen LogP contribution in [0.25, 0.3) is 0 Å². The molecule has 0 spiro atoms. The fraction of sp³-hybridized carbons (Fsp3) is 1.00. The molecule has 84 valence electrons. The molecule has 0 aliphatic carbocycles. The van der Waals surface area contributed by atoms with Gasteiger partial charge in [0.15, 0.2) is 0 Å². The average Bonchev–Trinajstić information content (AvgIpc) is 2.67. The molecule has 1 N–H and O–H groups in total. The maximum atomic E-state index is 3.49. The number of nitrogens with one attached hydrogen (secondary N) is 1. The van der Waals surface area contributed by atoms with Gasteiger partial charge in [-0.1, -0.05) is 20.8 Å². The molecule has 1 heterocycles. The summed E-state index contributed by atoms with van der Waals surface area (Å²) in [4.78, 5) is 2.63. The van der Waals surface area contributed by atoms with Crippen molar-refractivity contribution in [3.8, 4) is 0 Å². The van der Waals surface area contributed by atoms with Crippen molar-refractivity contribution in [1.29, 1.82) is 0 Å². The van der Waals surface area contributed by atoms with Crippen molar-refractivity contribution < 1.29 is 0 Å². The van der Waals surface area contributed by atoms with E-state index < -0.39 is 0 Å². The maximum absolute atomic E-state index is 3.49. The van der Waals surface area contributed by atoms with Crippen LogP contribution < -0.4 is 5.32 Å². The molecule has 14 heavy (non-hydrogen) atoms. The van der Waals surface area contributed by atoms with Crippen LogP contribution in [0.15, 0.2) is 0 Å². The van der Waals surface area contributed by atoms with E-state index >= 15 is 0 Å². The molecule has 1 fully saturated rings. The lowest BCUT2D eigenvalue weighted by Gasteiger charge is -2.33. The minimum absolute atomic E-state index is 0.473. The first-order valence-corrected chi connectivity index (χ1v) is 6.13. The van der Waals surface area contributed by atoms with E-state index in [1.165, 1.54) is 38.9 Å². The zero-order chi connectivity index (χ0) is 10.4. The highest BCUT2D eigenvalue weighted by molar-refractivity contribution is 4.81. The predicted octanol–water partition coefficient (Wildman–Crippen LogP) is 2.11. The van der Waals surface area contributed by atoms with E-state index in [2.05, 4.69) is 31.0 Å². The summed E-state index contributed by atoms with van der Waals surface area (Å²) in [5, 5.41) is 3.49. The second-order valence-electron chi connectivity index (χ2n) is 4.93. The molecule has 2 nitrogen and oxygen atoms in total. The molecule has 0 bridgehead atoms. The minimum atomic E-state index is 0.473. The van der Waals surface area contributed by atoms with E-state index in [1.54, 1.807) is 0 Å². The van der Waals surface area contributed by atoms with Crippen LogP contribution >= 0.6 is 0 Å². The summed E-state index contributed by atoms with van der Waals surface area (Å²) in [6.45, 7) is 13.1. The van der Waals surface area contributed by atoms with Crippen molar-refractivity contribution >= 4 is 0 Å². The highest BCUT2D eigenvalue weighted by Crippen LogP contribution is 2.23. The van der Waals surface area contributed by atoms with Gasteiger partial charge in [-0.3, -0.25) is 0 Å². The summed E-state index contributed by atoms with van der Waals surface area (Å²) in [5.74, 6) is 0. The summed E-state index contributed by atoms with van der Waals surface area (Å²) in [7, 11) is 0. The molecule has 1 saturated heterocycles. The molecule has 0 saturated carbocycles. The lowest BCUT2D eigenvalue weighted by atomic mass is 9.87. The Balaban J connectivity index is 2.34. The molecular weight excluding hydrogens is 172 g/mol. The second-order valence-corrected chi connectivity index (χ2v) is 4.93. The van der Waals surface area contributed by atoms with Gasteiger partial charge in [-0.25, -0.2) is 0 Å². The first-order valence-electron chi connectivity index (χ1n) is 6.13. The van der Waals surface area contributed by atoms with Gasteiger partial charge in [0, 0.05) is 13.1 Å². The lowest BCUT2D eigenvalue weighted by molar-refractivity contribution is 0.180. The molecule has 0 aromatic rings. The SMILES string of the molecule is CCNCC(C)(CC)CN1CCCC1. The van der Waals surface area contributed by atoms with Gasteiger partial charge in [-0.05, 0) is 44.3 Å². The molecule has 1 atom stereocenters. The number of hydrogen-bond acceptors (Lipinski definition) is 2. The quantitative estimate of drug-likeness (QED) is 0.703. The molecule has 0 aromatic carbocycles. The first-order chi connectivity index (χ1) is 6.70. The summed E-state index contributed by atoms with van der Waals surface area (Å²) in [5.41, 5.74) is 0.473. The van der Waals surface area contributed by atoms with E-state index in [0.717, 1.165) is 13.1 Å². The van der Waals surface area contributed by atoms with Crippen LogP contribution in [0.3, 0.4) is 0 Å². The Morgan fingerprint density at radius 1 is 1.21 bits per heavy atom. The Labute approximate surface area is 89.1 Å². The van der Waals surface area contributed by atoms with Gasteiger partial charge < -0.3 is 10.2 Å². The second kappa shape index (κ2) is 5.72. The predicted molar refractivity (Wildman–Crippen MR) is 62.6 cm³/mol. The van der Waals surface area contributed by atoms with Gasteiger partial charge in [-0.2, -0.15) is 0 Å². The average molecular weight is 198 g/mol. The number of nitrogens with zero attached hydrogens (tertiary/aromatic N) is 1. The fourth-order valence-electron chi connectivity index (χ4n) is 2.20. The van der Waals surface area contributed by atoms with Crippen molar-refractivity contribution in [1.82, 2.24) is 10.2 Å². The summed E-state index contributed by atoms with van der Waals surface area (Å²) in [6.07, 6.45) is 4.08. The Hall–Kier alpha value is -0.0800. The summed E-state index contributed by atoms with van der Waals surface area (Å²) in [6, 6.07) is 0. The van der Waals surface area contributed by atoms with Crippen LogP contribution in [0.1, 0.15) is 40.0 Å². The van der Waals surface area contributed by atoms with Gasteiger partial charge in [0.25, 0.3) is 0 Å². The zero-order valence-electron chi connectivity index (χ0n) is 10.1. The van der Waals surface area contributed by atoms with Crippen molar-refractivity contribution in [3.63, 3.8) is 0 Å². The van der Waals surface area contributed by atoms with Gasteiger partial charge in [-0.15, -0.1) is 0 Å². The lowest BCUT2D eigenvalue weighted by Crippen LogP contribution is -2.41. The molecule has 1 aliphatic rings. The third-order valence-electron chi connectivity index (χ3n) is 3.46. The topological polar surface area (TPSA) is 15.3 Å². The Morgan fingerprint density at radius 2 is 1.86 bits per heavy atom. The third kappa shape index (κ3) is 3.58. The van der Waals surface area contributed by atoms with Crippen LogP contribution in [-0.2, 0) is 0 Å². The van der Waals surface area contributed by atoms with Crippen LogP contribution in [-0.4, -0.2) is 37.6 Å². The smallest absolute Gasteiger partial charge is 0.00474 e. The highest BCUT2D eigenvalue weighted by Gasteiger charge is 2.25. The molecule has 0 amide bonds. The fourth-order valence-corrected chi connectivity index (χ4v) is 2.20. The monoisotopic (exact) mass is 198 g/mol. The van der Waals surface area contributed by atoms with Crippen LogP contribution in [0.5, 0.6) is 0 Å². The van der Waals surface area contributed by atoms with Crippen molar-refractivity contribution in [3.05, 3.63) is 0 Å². The van der Waals surface area contributed by atoms with E-state index in [9.17, 15) is 0 Å². The van der Waals surface area contributed by atoms with Gasteiger partial charge >= 0.3 is 0 Å². The summed E-state index contributed by atoms with van der Waals surface area (Å²) >= 11 is 0. The molecule has 0 radical (unpaired) electrons. The largest absolute Gasteiger partial charge is 0.316 e. The van der Waals surface area contributed by atoms with Crippen molar-refractivity contribution in [2.75, 3.05) is 32.7 Å².